The Kier molecular flexibility index (Phi) is 7.25. The van der Waals surface area contributed by atoms with E-state index in [1.165, 1.54) is 12.1 Å². The Morgan fingerprint density at radius 2 is 1.39 bits per heavy atom. The summed E-state index contributed by atoms with van der Waals surface area (Å²) in [5.74, 6) is -3.56. The molecule has 0 atom stereocenters. The molecule has 1 N–H and O–H groups in total. The molecule has 0 fully saturated rings. The van der Waals surface area contributed by atoms with Crippen LogP contribution in [0.15, 0.2) is 18.2 Å². The minimum Gasteiger partial charge on any atom is -0.454 e. The van der Waals surface area contributed by atoms with Crippen LogP contribution in [-0.2, 0) is 14.3 Å². The summed E-state index contributed by atoms with van der Waals surface area (Å²) in [4.78, 5) is 49.8. The van der Waals surface area contributed by atoms with Crippen molar-refractivity contribution in [2.24, 2.45) is 0 Å². The lowest BCUT2D eigenvalue weighted by Gasteiger charge is -2.13. The van der Waals surface area contributed by atoms with Gasteiger partial charge in [-0.15, -0.1) is 0 Å². The quantitative estimate of drug-likeness (QED) is 0.236. The molecule has 1 heterocycles. The highest BCUT2D eigenvalue weighted by Crippen LogP contribution is 2.44. The standard InChI is InChI=1S/C18H8Cl6N2O5/c19-6-2-1-3-7(12(6)20)25-8(27)5-31-9(28)4-26-17(29)10-11(18(26)30)14(22)16(24)15(23)13(10)21/h1-3H,4-5H2,(H,25,27). The number of rotatable bonds is 5. The van der Waals surface area contributed by atoms with Crippen molar-refractivity contribution >= 4 is 99.0 Å². The Morgan fingerprint density at radius 1 is 0.839 bits per heavy atom. The van der Waals surface area contributed by atoms with E-state index in [2.05, 4.69) is 5.32 Å². The number of esters is 1. The summed E-state index contributed by atoms with van der Waals surface area (Å²) in [6.45, 7) is -1.50. The maximum atomic E-state index is 12.6. The van der Waals surface area contributed by atoms with Gasteiger partial charge in [0.2, 0.25) is 0 Å². The largest absolute Gasteiger partial charge is 0.454 e. The number of nitrogens with zero attached hydrogens (tertiary/aromatic N) is 1. The monoisotopic (exact) mass is 542 g/mol. The van der Waals surface area contributed by atoms with Gasteiger partial charge in [0, 0.05) is 0 Å². The lowest BCUT2D eigenvalue weighted by molar-refractivity contribution is -0.147. The maximum Gasteiger partial charge on any atom is 0.326 e. The van der Waals surface area contributed by atoms with Gasteiger partial charge >= 0.3 is 5.97 Å². The number of imide groups is 1. The van der Waals surface area contributed by atoms with E-state index >= 15 is 0 Å². The highest BCUT2D eigenvalue weighted by molar-refractivity contribution is 6.55. The van der Waals surface area contributed by atoms with Gasteiger partial charge in [0.05, 0.1) is 47.0 Å². The van der Waals surface area contributed by atoms with Crippen molar-refractivity contribution in [3.8, 4) is 0 Å². The van der Waals surface area contributed by atoms with Crippen LogP contribution in [0.4, 0.5) is 5.69 Å². The maximum absolute atomic E-state index is 12.6. The smallest absolute Gasteiger partial charge is 0.326 e. The molecule has 2 aromatic rings. The van der Waals surface area contributed by atoms with Crippen molar-refractivity contribution in [1.82, 2.24) is 4.90 Å². The topological polar surface area (TPSA) is 92.8 Å². The zero-order chi connectivity index (χ0) is 23.0. The Hall–Kier alpha value is -1.74. The number of halogens is 6. The highest BCUT2D eigenvalue weighted by Gasteiger charge is 2.42. The first-order valence-electron chi connectivity index (χ1n) is 8.16. The third-order valence-corrected chi connectivity index (χ3v) is 6.68. The third kappa shape index (κ3) is 4.58. The molecule has 0 saturated heterocycles. The normalized spacial score (nSPS) is 12.8. The fourth-order valence-corrected chi connectivity index (χ4v) is 4.01. The Morgan fingerprint density at radius 3 is 1.94 bits per heavy atom. The molecule has 7 nitrogen and oxygen atoms in total. The fourth-order valence-electron chi connectivity index (χ4n) is 2.65. The number of nitrogens with one attached hydrogen (secondary N) is 1. The van der Waals surface area contributed by atoms with Crippen LogP contribution in [0.5, 0.6) is 0 Å². The van der Waals surface area contributed by atoms with Crippen LogP contribution in [-0.4, -0.2) is 41.7 Å². The number of carbonyl (C=O) groups is 4. The predicted octanol–water partition coefficient (Wildman–Crippen LogP) is 5.38. The number of ether oxygens (including phenoxy) is 1. The molecular formula is C18H8Cl6N2O5. The first-order valence-corrected chi connectivity index (χ1v) is 10.4. The molecule has 2 aromatic carbocycles. The van der Waals surface area contributed by atoms with E-state index in [-0.39, 0.29) is 47.0 Å². The van der Waals surface area contributed by atoms with Crippen LogP contribution in [0.2, 0.25) is 30.1 Å². The lowest BCUT2D eigenvalue weighted by atomic mass is 10.1. The number of amides is 3. The number of anilines is 1. The molecular weight excluding hydrogens is 537 g/mol. The van der Waals surface area contributed by atoms with Gasteiger partial charge in [-0.05, 0) is 12.1 Å². The molecule has 31 heavy (non-hydrogen) atoms. The second-order valence-corrected chi connectivity index (χ2v) is 8.31. The first-order chi connectivity index (χ1) is 14.5. The summed E-state index contributed by atoms with van der Waals surface area (Å²) in [7, 11) is 0. The molecule has 0 aliphatic carbocycles. The highest BCUT2D eigenvalue weighted by atomic mass is 35.5. The van der Waals surface area contributed by atoms with Crippen LogP contribution in [0, 0.1) is 0 Å². The molecule has 3 rings (SSSR count). The minimum absolute atomic E-state index is 0.112. The Labute approximate surface area is 205 Å². The molecule has 13 heteroatoms. The van der Waals surface area contributed by atoms with E-state index in [0.29, 0.717) is 4.90 Å². The molecule has 0 saturated carbocycles. The van der Waals surface area contributed by atoms with Crippen LogP contribution in [0.25, 0.3) is 0 Å². The van der Waals surface area contributed by atoms with E-state index in [4.69, 9.17) is 74.3 Å². The third-order valence-electron chi connectivity index (χ3n) is 4.06. The molecule has 0 aromatic heterocycles. The number of fused-ring (bicyclic) bond motifs is 1. The van der Waals surface area contributed by atoms with E-state index < -0.39 is 36.8 Å². The van der Waals surface area contributed by atoms with Crippen LogP contribution in [0.3, 0.4) is 0 Å². The van der Waals surface area contributed by atoms with Crippen LogP contribution in [0.1, 0.15) is 20.7 Å². The zero-order valence-electron chi connectivity index (χ0n) is 14.9. The molecule has 0 radical (unpaired) electrons. The SMILES string of the molecule is O=C(COC(=O)CN1C(=O)c2c(Cl)c(Cl)c(Cl)c(Cl)c2C1=O)Nc1cccc(Cl)c1Cl. The average molecular weight is 545 g/mol. The van der Waals surface area contributed by atoms with E-state index in [1.807, 2.05) is 0 Å². The molecule has 0 spiro atoms. The van der Waals surface area contributed by atoms with Gasteiger partial charge in [0.15, 0.2) is 6.61 Å². The first kappa shape index (κ1) is 23.9. The molecule has 0 bridgehead atoms. The van der Waals surface area contributed by atoms with Crippen molar-refractivity contribution in [2.75, 3.05) is 18.5 Å². The average Bonchev–Trinajstić information content (AvgIpc) is 2.97. The number of benzene rings is 2. The van der Waals surface area contributed by atoms with Gasteiger partial charge < -0.3 is 10.1 Å². The lowest BCUT2D eigenvalue weighted by Crippen LogP contribution is -2.36. The summed E-state index contributed by atoms with van der Waals surface area (Å²) >= 11 is 35.7. The van der Waals surface area contributed by atoms with Gasteiger partial charge in [-0.3, -0.25) is 24.1 Å². The van der Waals surface area contributed by atoms with Crippen molar-refractivity contribution in [2.45, 2.75) is 0 Å². The van der Waals surface area contributed by atoms with Gasteiger partial charge in [0.25, 0.3) is 17.7 Å². The van der Waals surface area contributed by atoms with Gasteiger partial charge in [-0.2, -0.15) is 0 Å². The predicted molar refractivity (Wildman–Crippen MR) is 118 cm³/mol. The van der Waals surface area contributed by atoms with Gasteiger partial charge in [-0.25, -0.2) is 0 Å². The van der Waals surface area contributed by atoms with Crippen LogP contribution >= 0.6 is 69.6 Å². The molecule has 0 unspecified atom stereocenters. The van der Waals surface area contributed by atoms with Crippen molar-refractivity contribution in [1.29, 1.82) is 0 Å². The molecule has 162 valence electrons. The minimum atomic E-state index is -1.04. The van der Waals surface area contributed by atoms with E-state index in [1.54, 1.807) is 6.07 Å². The number of carbonyl (C=O) groups excluding carboxylic acids is 4. The summed E-state index contributed by atoms with van der Waals surface area (Å²) in [6.07, 6.45) is 0. The molecule has 1 aliphatic rings. The van der Waals surface area contributed by atoms with Crippen molar-refractivity contribution in [3.05, 3.63) is 59.5 Å². The summed E-state index contributed by atoms with van der Waals surface area (Å²) in [5, 5.41) is 1.82. The van der Waals surface area contributed by atoms with Crippen molar-refractivity contribution < 1.29 is 23.9 Å². The second kappa shape index (κ2) is 9.40. The van der Waals surface area contributed by atoms with Crippen molar-refractivity contribution in [3.63, 3.8) is 0 Å². The van der Waals surface area contributed by atoms with Gasteiger partial charge in [0.1, 0.15) is 6.54 Å². The van der Waals surface area contributed by atoms with E-state index in [0.717, 1.165) is 0 Å². The second-order valence-electron chi connectivity index (χ2n) is 6.01. The Balaban J connectivity index is 1.66. The Bertz CT molecular complexity index is 1110. The number of hydrogen-bond acceptors (Lipinski definition) is 5. The molecule has 3 amide bonds. The van der Waals surface area contributed by atoms with Crippen LogP contribution < -0.4 is 5.32 Å². The summed E-state index contributed by atoms with van der Waals surface area (Å²) in [5.41, 5.74) is -0.326. The van der Waals surface area contributed by atoms with Gasteiger partial charge in [-0.1, -0.05) is 75.7 Å². The summed E-state index contributed by atoms with van der Waals surface area (Å²) in [6, 6.07) is 4.59. The summed E-state index contributed by atoms with van der Waals surface area (Å²) < 4.78 is 4.82. The zero-order valence-corrected chi connectivity index (χ0v) is 19.4. The fraction of sp³-hybridized carbons (Fsp3) is 0.111. The van der Waals surface area contributed by atoms with E-state index in [9.17, 15) is 19.2 Å². The number of hydrogen-bond donors (Lipinski definition) is 1. The molecule has 1 aliphatic heterocycles.